The van der Waals surface area contributed by atoms with Crippen LogP contribution in [0, 0.1) is 5.82 Å². The Morgan fingerprint density at radius 2 is 1.89 bits per heavy atom. The van der Waals surface area contributed by atoms with Crippen molar-refractivity contribution in [2.75, 3.05) is 38.0 Å². The molecule has 0 atom stereocenters. The summed E-state index contributed by atoms with van der Waals surface area (Å²) in [6.07, 6.45) is 3.07. The number of hydrogen-bond acceptors (Lipinski definition) is 2. The Bertz CT molecular complexity index is 879. The number of carbonyl (C=O) groups excluding carboxylic acids is 2. The minimum atomic E-state index is -0.332. The van der Waals surface area contributed by atoms with E-state index < -0.39 is 0 Å². The zero-order valence-corrected chi connectivity index (χ0v) is 16.1. The van der Waals surface area contributed by atoms with Crippen molar-refractivity contribution < 1.29 is 18.9 Å². The fourth-order valence-electron chi connectivity index (χ4n) is 3.09. The summed E-state index contributed by atoms with van der Waals surface area (Å²) in [6.45, 7) is 2.85. The number of rotatable bonds is 5. The van der Waals surface area contributed by atoms with Crippen LogP contribution in [0.5, 0.6) is 0 Å². The van der Waals surface area contributed by atoms with E-state index in [1.165, 1.54) is 18.2 Å². The van der Waals surface area contributed by atoms with Crippen LogP contribution in [-0.4, -0.2) is 49.4 Å². The van der Waals surface area contributed by atoms with Gasteiger partial charge in [-0.15, -0.1) is 0 Å². The summed E-state index contributed by atoms with van der Waals surface area (Å²) < 4.78 is 13.2. The number of carbonyl (C=O) groups is 2. The molecule has 2 amide bonds. The van der Waals surface area contributed by atoms with Crippen LogP contribution in [0.2, 0.25) is 5.02 Å². The van der Waals surface area contributed by atoms with Crippen molar-refractivity contribution in [2.45, 2.75) is 0 Å². The Balaban J connectivity index is 1.45. The Hall–Kier alpha value is -2.70. The molecule has 0 unspecified atom stereocenters. The van der Waals surface area contributed by atoms with Gasteiger partial charge in [-0.2, -0.15) is 0 Å². The first-order valence-electron chi connectivity index (χ1n) is 9.12. The van der Waals surface area contributed by atoms with Gasteiger partial charge in [0.05, 0.1) is 36.9 Å². The van der Waals surface area contributed by atoms with E-state index in [0.717, 1.165) is 4.90 Å². The van der Waals surface area contributed by atoms with Gasteiger partial charge in [0.2, 0.25) is 5.91 Å². The third-order valence-corrected chi connectivity index (χ3v) is 4.94. The fourth-order valence-corrected chi connectivity index (χ4v) is 3.27. The van der Waals surface area contributed by atoms with Crippen molar-refractivity contribution in [3.8, 4) is 0 Å². The fraction of sp³-hybridized carbons (Fsp3) is 0.238. The highest BCUT2D eigenvalue weighted by Crippen LogP contribution is 2.19. The van der Waals surface area contributed by atoms with E-state index in [0.29, 0.717) is 49.0 Å². The van der Waals surface area contributed by atoms with Gasteiger partial charge in [-0.25, -0.2) is 4.39 Å². The normalized spacial score (nSPS) is 15.0. The molecule has 0 spiro atoms. The standard InChI is InChI=1S/C21H21ClFN3O2/c22-18-6-1-2-7-19(18)24-20(27)15-25-10-12-26(13-11-25)21(28)9-8-16-4-3-5-17(23)14-16/h1-9,14H,10-13,15H2,(H,24,27)/p+1/b9-8+. The summed E-state index contributed by atoms with van der Waals surface area (Å²) in [6, 6.07) is 13.2. The number of amides is 2. The molecule has 0 saturated carbocycles. The molecule has 1 aliphatic rings. The van der Waals surface area contributed by atoms with Crippen molar-refractivity contribution in [1.82, 2.24) is 4.90 Å². The Kier molecular flexibility index (Phi) is 6.79. The molecule has 5 nitrogen and oxygen atoms in total. The summed E-state index contributed by atoms with van der Waals surface area (Å²) >= 11 is 6.05. The molecule has 146 valence electrons. The monoisotopic (exact) mass is 402 g/mol. The van der Waals surface area contributed by atoms with E-state index in [1.54, 1.807) is 35.2 Å². The minimum Gasteiger partial charge on any atom is -0.328 e. The molecule has 2 N–H and O–H groups in total. The summed E-state index contributed by atoms with van der Waals surface area (Å²) in [7, 11) is 0. The van der Waals surface area contributed by atoms with Crippen molar-refractivity contribution in [3.05, 3.63) is 71.0 Å². The van der Waals surface area contributed by atoms with E-state index >= 15 is 0 Å². The maximum absolute atomic E-state index is 13.2. The van der Waals surface area contributed by atoms with Gasteiger partial charge in [-0.05, 0) is 35.9 Å². The number of halogens is 2. The average Bonchev–Trinajstić information content (AvgIpc) is 2.68. The molecule has 2 aromatic rings. The van der Waals surface area contributed by atoms with E-state index in [-0.39, 0.29) is 17.6 Å². The first-order chi connectivity index (χ1) is 13.5. The molecule has 2 aromatic carbocycles. The molecule has 7 heteroatoms. The van der Waals surface area contributed by atoms with E-state index in [4.69, 9.17) is 11.6 Å². The molecule has 3 rings (SSSR count). The van der Waals surface area contributed by atoms with Crippen molar-refractivity contribution in [2.24, 2.45) is 0 Å². The first-order valence-corrected chi connectivity index (χ1v) is 9.49. The minimum absolute atomic E-state index is 0.103. The molecule has 0 aromatic heterocycles. The molecule has 1 heterocycles. The SMILES string of the molecule is O=C(C[NH+]1CCN(C(=O)/C=C/c2cccc(F)c2)CC1)Nc1ccccc1Cl. The number of nitrogens with zero attached hydrogens (tertiary/aromatic N) is 1. The van der Waals surface area contributed by atoms with E-state index in [1.807, 2.05) is 12.1 Å². The van der Waals surface area contributed by atoms with Crippen LogP contribution in [0.15, 0.2) is 54.6 Å². The summed E-state index contributed by atoms with van der Waals surface area (Å²) in [5, 5.41) is 3.33. The molecular weight excluding hydrogens is 381 g/mol. The van der Waals surface area contributed by atoms with Gasteiger partial charge in [0.1, 0.15) is 5.82 Å². The molecule has 28 heavy (non-hydrogen) atoms. The van der Waals surface area contributed by atoms with Crippen molar-refractivity contribution >= 4 is 35.2 Å². The summed E-state index contributed by atoms with van der Waals surface area (Å²) in [4.78, 5) is 27.4. The number of hydrogen-bond donors (Lipinski definition) is 2. The largest absolute Gasteiger partial charge is 0.328 e. The lowest BCUT2D eigenvalue weighted by Crippen LogP contribution is -3.15. The highest BCUT2D eigenvalue weighted by molar-refractivity contribution is 6.33. The average molecular weight is 403 g/mol. The van der Waals surface area contributed by atoms with Crippen LogP contribution in [-0.2, 0) is 9.59 Å². The highest BCUT2D eigenvalue weighted by atomic mass is 35.5. The molecule has 1 saturated heterocycles. The van der Waals surface area contributed by atoms with E-state index in [2.05, 4.69) is 5.32 Å². The van der Waals surface area contributed by atoms with E-state index in [9.17, 15) is 14.0 Å². The van der Waals surface area contributed by atoms with Crippen molar-refractivity contribution in [3.63, 3.8) is 0 Å². The molecule has 0 radical (unpaired) electrons. The maximum atomic E-state index is 13.2. The van der Waals surface area contributed by atoms with Gasteiger partial charge < -0.3 is 15.1 Å². The maximum Gasteiger partial charge on any atom is 0.279 e. The molecule has 1 aliphatic heterocycles. The number of quaternary nitrogens is 1. The van der Waals surface area contributed by atoms with Crippen LogP contribution >= 0.6 is 11.6 Å². The molecular formula is C21H22ClFN3O2+. The number of benzene rings is 2. The van der Waals surface area contributed by atoms with Gasteiger partial charge in [0.25, 0.3) is 5.91 Å². The van der Waals surface area contributed by atoms with Crippen LogP contribution in [0.3, 0.4) is 0 Å². The molecule has 1 fully saturated rings. The predicted octanol–water partition coefficient (Wildman–Crippen LogP) is 1.86. The summed E-state index contributed by atoms with van der Waals surface area (Å²) in [5.41, 5.74) is 1.25. The number of nitrogens with one attached hydrogen (secondary N) is 2. The van der Waals surface area contributed by atoms with Gasteiger partial charge in [-0.1, -0.05) is 35.9 Å². The lowest BCUT2D eigenvalue weighted by molar-refractivity contribution is -0.895. The predicted molar refractivity (Wildman–Crippen MR) is 108 cm³/mol. The summed E-state index contributed by atoms with van der Waals surface area (Å²) in [5.74, 6) is -0.542. The zero-order chi connectivity index (χ0) is 19.9. The van der Waals surface area contributed by atoms with Crippen LogP contribution in [0.4, 0.5) is 10.1 Å². The van der Waals surface area contributed by atoms with Gasteiger partial charge in [0, 0.05) is 6.08 Å². The second kappa shape index (κ2) is 9.48. The van der Waals surface area contributed by atoms with Crippen molar-refractivity contribution in [1.29, 1.82) is 0 Å². The van der Waals surface area contributed by atoms with Gasteiger partial charge >= 0.3 is 0 Å². The van der Waals surface area contributed by atoms with Gasteiger partial charge in [-0.3, -0.25) is 9.59 Å². The van der Waals surface area contributed by atoms with Crippen LogP contribution < -0.4 is 10.2 Å². The number of para-hydroxylation sites is 1. The molecule has 0 bridgehead atoms. The third-order valence-electron chi connectivity index (χ3n) is 4.61. The highest BCUT2D eigenvalue weighted by Gasteiger charge is 2.24. The second-order valence-electron chi connectivity index (χ2n) is 6.67. The lowest BCUT2D eigenvalue weighted by atomic mass is 10.2. The Labute approximate surface area is 168 Å². The smallest absolute Gasteiger partial charge is 0.279 e. The molecule has 0 aliphatic carbocycles. The zero-order valence-electron chi connectivity index (χ0n) is 15.3. The third kappa shape index (κ3) is 5.65. The Morgan fingerprint density at radius 3 is 2.61 bits per heavy atom. The lowest BCUT2D eigenvalue weighted by Gasteiger charge is -2.31. The van der Waals surface area contributed by atoms with Crippen LogP contribution in [0.1, 0.15) is 5.56 Å². The van der Waals surface area contributed by atoms with Gasteiger partial charge in [0.15, 0.2) is 6.54 Å². The number of piperazine rings is 1. The van der Waals surface area contributed by atoms with Crippen LogP contribution in [0.25, 0.3) is 6.08 Å². The quantitative estimate of drug-likeness (QED) is 0.750. The first kappa shape index (κ1) is 20.0. The number of anilines is 1. The Morgan fingerprint density at radius 1 is 1.14 bits per heavy atom. The second-order valence-corrected chi connectivity index (χ2v) is 7.08. The topological polar surface area (TPSA) is 53.9 Å².